The number of primary amides is 1. The first-order chi connectivity index (χ1) is 14.0. The number of ether oxygens (including phenoxy) is 1. The summed E-state index contributed by atoms with van der Waals surface area (Å²) in [4.78, 5) is 16.3. The first-order valence-corrected chi connectivity index (χ1v) is 10.6. The summed E-state index contributed by atoms with van der Waals surface area (Å²) in [6, 6.07) is 17.2. The van der Waals surface area contributed by atoms with Gasteiger partial charge < -0.3 is 15.4 Å². The van der Waals surface area contributed by atoms with Crippen LogP contribution >= 0.6 is 0 Å². The van der Waals surface area contributed by atoms with Crippen LogP contribution in [0.25, 0.3) is 0 Å². The third-order valence-electron chi connectivity index (χ3n) is 6.36. The predicted molar refractivity (Wildman–Crippen MR) is 116 cm³/mol. The monoisotopic (exact) mass is 393 g/mol. The summed E-state index contributed by atoms with van der Waals surface area (Å²) >= 11 is 0. The van der Waals surface area contributed by atoms with Gasteiger partial charge in [0.2, 0.25) is 5.91 Å². The van der Waals surface area contributed by atoms with Gasteiger partial charge in [-0.1, -0.05) is 24.3 Å². The summed E-state index contributed by atoms with van der Waals surface area (Å²) in [5.41, 5.74) is 9.87. The van der Waals surface area contributed by atoms with Crippen molar-refractivity contribution in [2.75, 3.05) is 31.1 Å². The minimum atomic E-state index is -0.380. The maximum atomic E-state index is 11.3. The molecule has 5 nitrogen and oxygen atoms in total. The summed E-state index contributed by atoms with van der Waals surface area (Å²) in [5.74, 6) is -0.380. The molecule has 1 saturated heterocycles. The molecule has 0 saturated carbocycles. The van der Waals surface area contributed by atoms with E-state index in [-0.39, 0.29) is 12.0 Å². The number of rotatable bonds is 5. The number of hydrogen-bond donors (Lipinski definition) is 1. The summed E-state index contributed by atoms with van der Waals surface area (Å²) in [7, 11) is 0. The molecule has 3 atom stereocenters. The van der Waals surface area contributed by atoms with Crippen LogP contribution in [-0.2, 0) is 11.2 Å². The maximum Gasteiger partial charge on any atom is 0.248 e. The molecule has 2 aliphatic heterocycles. The number of amides is 1. The van der Waals surface area contributed by atoms with E-state index in [0.717, 1.165) is 44.8 Å². The third kappa shape index (κ3) is 4.31. The molecule has 1 fully saturated rings. The number of hydrogen-bond acceptors (Lipinski definition) is 4. The van der Waals surface area contributed by atoms with E-state index in [2.05, 4.69) is 47.9 Å². The van der Waals surface area contributed by atoms with Gasteiger partial charge in [0.25, 0.3) is 0 Å². The standard InChI is InChI=1S/C24H31N3O2/c1-17-15-26(21-9-7-20(8-10-21)24(25)28)16-18(2)27(17)13-11-23-22-6-4-3-5-19(22)12-14-29-23/h3-10,17-18,23H,11-16H2,1-2H3,(H2,25,28). The zero-order chi connectivity index (χ0) is 20.4. The van der Waals surface area contributed by atoms with E-state index in [0.29, 0.717) is 17.6 Å². The summed E-state index contributed by atoms with van der Waals surface area (Å²) in [5, 5.41) is 0. The van der Waals surface area contributed by atoms with Gasteiger partial charge in [0.05, 0.1) is 12.7 Å². The number of carbonyl (C=O) groups excluding carboxylic acids is 1. The quantitative estimate of drug-likeness (QED) is 0.846. The average molecular weight is 394 g/mol. The highest BCUT2D eigenvalue weighted by Crippen LogP contribution is 2.31. The van der Waals surface area contributed by atoms with Gasteiger partial charge in [-0.15, -0.1) is 0 Å². The van der Waals surface area contributed by atoms with Gasteiger partial charge >= 0.3 is 0 Å². The van der Waals surface area contributed by atoms with Gasteiger partial charge in [0.15, 0.2) is 0 Å². The van der Waals surface area contributed by atoms with Crippen molar-refractivity contribution in [3.63, 3.8) is 0 Å². The number of benzene rings is 2. The van der Waals surface area contributed by atoms with Gasteiger partial charge in [0.1, 0.15) is 0 Å². The fourth-order valence-electron chi connectivity index (χ4n) is 4.83. The van der Waals surface area contributed by atoms with Crippen molar-refractivity contribution < 1.29 is 9.53 Å². The Morgan fingerprint density at radius 3 is 2.45 bits per heavy atom. The van der Waals surface area contributed by atoms with Gasteiger partial charge in [-0.25, -0.2) is 0 Å². The number of carbonyl (C=O) groups is 1. The van der Waals surface area contributed by atoms with E-state index in [9.17, 15) is 4.79 Å². The zero-order valence-electron chi connectivity index (χ0n) is 17.4. The van der Waals surface area contributed by atoms with Crippen molar-refractivity contribution in [3.05, 3.63) is 65.2 Å². The van der Waals surface area contributed by atoms with E-state index in [1.54, 1.807) is 0 Å². The Morgan fingerprint density at radius 1 is 1.07 bits per heavy atom. The fraction of sp³-hybridized carbons (Fsp3) is 0.458. The van der Waals surface area contributed by atoms with Crippen LogP contribution in [0, 0.1) is 0 Å². The van der Waals surface area contributed by atoms with Crippen LogP contribution in [0.1, 0.15) is 47.9 Å². The van der Waals surface area contributed by atoms with Gasteiger partial charge in [-0.2, -0.15) is 0 Å². The first kappa shape index (κ1) is 19.9. The minimum Gasteiger partial charge on any atom is -0.373 e. The largest absolute Gasteiger partial charge is 0.373 e. The molecule has 0 aliphatic carbocycles. The second kappa shape index (κ2) is 8.56. The van der Waals surface area contributed by atoms with Crippen LogP contribution in [0.4, 0.5) is 5.69 Å². The molecule has 5 heteroatoms. The molecule has 29 heavy (non-hydrogen) atoms. The van der Waals surface area contributed by atoms with E-state index in [1.165, 1.54) is 11.1 Å². The van der Waals surface area contributed by atoms with Gasteiger partial charge in [-0.3, -0.25) is 9.69 Å². The van der Waals surface area contributed by atoms with E-state index in [4.69, 9.17) is 10.5 Å². The van der Waals surface area contributed by atoms with Crippen molar-refractivity contribution in [3.8, 4) is 0 Å². The molecular formula is C24H31N3O2. The molecule has 154 valence electrons. The first-order valence-electron chi connectivity index (χ1n) is 10.6. The second-order valence-corrected chi connectivity index (χ2v) is 8.35. The highest BCUT2D eigenvalue weighted by Gasteiger charge is 2.30. The lowest BCUT2D eigenvalue weighted by molar-refractivity contribution is 0.0200. The molecule has 0 aromatic heterocycles. The number of nitrogens with zero attached hydrogens (tertiary/aromatic N) is 2. The Bertz CT molecular complexity index is 839. The van der Waals surface area contributed by atoms with Gasteiger partial charge in [0, 0.05) is 43.0 Å². The van der Waals surface area contributed by atoms with Crippen LogP contribution in [0.3, 0.4) is 0 Å². The molecule has 2 N–H and O–H groups in total. The highest BCUT2D eigenvalue weighted by molar-refractivity contribution is 5.93. The Hall–Kier alpha value is -2.37. The zero-order valence-corrected chi connectivity index (χ0v) is 17.4. The van der Waals surface area contributed by atoms with Crippen molar-refractivity contribution in [2.45, 2.75) is 44.9 Å². The molecule has 2 aromatic rings. The number of anilines is 1. The molecule has 2 aliphatic rings. The molecule has 3 unspecified atom stereocenters. The summed E-state index contributed by atoms with van der Waals surface area (Å²) in [6.45, 7) is 8.41. The number of nitrogens with two attached hydrogens (primary N) is 1. The third-order valence-corrected chi connectivity index (χ3v) is 6.36. The van der Waals surface area contributed by atoms with Crippen LogP contribution in [-0.4, -0.2) is 49.1 Å². The van der Waals surface area contributed by atoms with Crippen LogP contribution in [0.2, 0.25) is 0 Å². The lowest BCUT2D eigenvalue weighted by Gasteiger charge is -2.46. The Labute approximate surface area is 173 Å². The lowest BCUT2D eigenvalue weighted by atomic mass is 9.95. The fourth-order valence-corrected chi connectivity index (χ4v) is 4.83. The molecule has 1 amide bonds. The van der Waals surface area contributed by atoms with E-state index in [1.807, 2.05) is 24.3 Å². The minimum absolute atomic E-state index is 0.207. The van der Waals surface area contributed by atoms with Gasteiger partial charge in [-0.05, 0) is 62.1 Å². The van der Waals surface area contributed by atoms with Crippen LogP contribution < -0.4 is 10.6 Å². The second-order valence-electron chi connectivity index (χ2n) is 8.35. The van der Waals surface area contributed by atoms with Crippen molar-refractivity contribution in [2.24, 2.45) is 5.73 Å². The normalized spacial score (nSPS) is 24.9. The topological polar surface area (TPSA) is 58.8 Å². The van der Waals surface area contributed by atoms with E-state index < -0.39 is 0 Å². The number of fused-ring (bicyclic) bond motifs is 1. The van der Waals surface area contributed by atoms with Crippen LogP contribution in [0.5, 0.6) is 0 Å². The summed E-state index contributed by atoms with van der Waals surface area (Å²) in [6.07, 6.45) is 2.25. The predicted octanol–water partition coefficient (Wildman–Crippen LogP) is 3.39. The molecule has 2 aromatic carbocycles. The Balaban J connectivity index is 1.38. The molecule has 2 heterocycles. The van der Waals surface area contributed by atoms with Crippen LogP contribution in [0.15, 0.2) is 48.5 Å². The van der Waals surface area contributed by atoms with Crippen molar-refractivity contribution >= 4 is 11.6 Å². The molecule has 0 spiro atoms. The molecular weight excluding hydrogens is 362 g/mol. The molecule has 0 bridgehead atoms. The van der Waals surface area contributed by atoms with E-state index >= 15 is 0 Å². The smallest absolute Gasteiger partial charge is 0.248 e. The highest BCUT2D eigenvalue weighted by atomic mass is 16.5. The SMILES string of the molecule is CC1CN(c2ccc(C(N)=O)cc2)CC(C)N1CCC1OCCc2ccccc21. The Kier molecular flexibility index (Phi) is 5.88. The average Bonchev–Trinajstić information content (AvgIpc) is 2.73. The maximum absolute atomic E-state index is 11.3. The van der Waals surface area contributed by atoms with Crippen molar-refractivity contribution in [1.82, 2.24) is 4.90 Å². The summed E-state index contributed by atoms with van der Waals surface area (Å²) < 4.78 is 6.11. The lowest BCUT2D eigenvalue weighted by Crippen LogP contribution is -2.57. The number of piperazine rings is 1. The molecule has 0 radical (unpaired) electrons. The van der Waals surface area contributed by atoms with Crippen molar-refractivity contribution in [1.29, 1.82) is 0 Å². The Morgan fingerprint density at radius 2 is 1.76 bits per heavy atom. The molecule has 4 rings (SSSR count).